The van der Waals surface area contributed by atoms with Crippen molar-refractivity contribution in [1.29, 1.82) is 0 Å². The van der Waals surface area contributed by atoms with Crippen molar-refractivity contribution < 1.29 is 4.79 Å². The Morgan fingerprint density at radius 3 is 2.77 bits per heavy atom. The molecule has 136 valence electrons. The van der Waals surface area contributed by atoms with Crippen molar-refractivity contribution in [1.82, 2.24) is 15.4 Å². The molecule has 7 heteroatoms. The minimum atomic E-state index is -0.266. The highest BCUT2D eigenvalue weighted by Gasteiger charge is 2.46. The van der Waals surface area contributed by atoms with E-state index in [2.05, 4.69) is 25.7 Å². The third kappa shape index (κ3) is 3.46. The molecule has 4 rings (SSSR count). The van der Waals surface area contributed by atoms with Crippen LogP contribution in [-0.4, -0.2) is 28.0 Å². The number of hydrogen-bond donors (Lipinski definition) is 2. The smallest absolute Gasteiger partial charge is 0.261 e. The highest BCUT2D eigenvalue weighted by Crippen LogP contribution is 2.41. The molecule has 2 aliphatic rings. The van der Waals surface area contributed by atoms with Crippen molar-refractivity contribution >= 4 is 29.1 Å². The molecule has 0 unspecified atom stereocenters. The third-order valence-electron chi connectivity index (χ3n) is 5.33. The van der Waals surface area contributed by atoms with E-state index in [4.69, 9.17) is 11.6 Å². The average molecular weight is 372 g/mol. The zero-order chi connectivity index (χ0) is 17.9. The lowest BCUT2D eigenvalue weighted by atomic mass is 9.85. The van der Waals surface area contributed by atoms with Gasteiger partial charge in [-0.1, -0.05) is 30.5 Å². The summed E-state index contributed by atoms with van der Waals surface area (Å²) in [6, 6.07) is 9.14. The molecule has 0 spiro atoms. The quantitative estimate of drug-likeness (QED) is 0.806. The molecule has 3 atom stereocenters. The van der Waals surface area contributed by atoms with Gasteiger partial charge in [0.2, 0.25) is 5.95 Å². The number of halogens is 1. The first-order chi connectivity index (χ1) is 12.7. The molecule has 2 N–H and O–H groups in total. The van der Waals surface area contributed by atoms with Gasteiger partial charge in [-0.05, 0) is 49.4 Å². The molecular weight excluding hydrogens is 350 g/mol. The van der Waals surface area contributed by atoms with Gasteiger partial charge in [0.15, 0.2) is 0 Å². The van der Waals surface area contributed by atoms with Gasteiger partial charge < -0.3 is 4.90 Å². The van der Waals surface area contributed by atoms with E-state index in [9.17, 15) is 4.79 Å². The second-order valence-corrected chi connectivity index (χ2v) is 7.38. The molecule has 6 nitrogen and oxygen atoms in total. The summed E-state index contributed by atoms with van der Waals surface area (Å²) >= 11 is 6.00. The molecule has 2 heterocycles. The Morgan fingerprint density at radius 2 is 1.96 bits per heavy atom. The molecule has 1 aromatic heterocycles. The first-order valence-electron chi connectivity index (χ1n) is 9.09. The van der Waals surface area contributed by atoms with Gasteiger partial charge in [-0.15, -0.1) is 0 Å². The lowest BCUT2D eigenvalue weighted by molar-refractivity contribution is -0.121. The number of nitrogens with one attached hydrogen (secondary N) is 2. The molecule has 2 fully saturated rings. The Bertz CT molecular complexity index is 772. The normalized spacial score (nSPS) is 24.8. The summed E-state index contributed by atoms with van der Waals surface area (Å²) in [7, 11) is 0. The molecular formula is C19H22ClN5O. The largest absolute Gasteiger partial charge is 0.325 e. The molecule has 1 amide bonds. The van der Waals surface area contributed by atoms with Crippen molar-refractivity contribution in [2.45, 2.75) is 44.2 Å². The van der Waals surface area contributed by atoms with Crippen LogP contribution in [-0.2, 0) is 4.79 Å². The van der Waals surface area contributed by atoms with Gasteiger partial charge >= 0.3 is 0 Å². The zero-order valence-corrected chi connectivity index (χ0v) is 15.2. The minimum absolute atomic E-state index is 0.0631. The summed E-state index contributed by atoms with van der Waals surface area (Å²) in [5.74, 6) is 1.10. The van der Waals surface area contributed by atoms with E-state index in [0.29, 0.717) is 22.9 Å². The molecule has 1 saturated carbocycles. The topological polar surface area (TPSA) is 70.2 Å². The maximum atomic E-state index is 12.9. The summed E-state index contributed by atoms with van der Waals surface area (Å²) in [5.41, 5.74) is 6.55. The number of nitrogens with zero attached hydrogens (tertiary/aromatic N) is 3. The van der Waals surface area contributed by atoms with Crippen LogP contribution in [0, 0.1) is 5.92 Å². The van der Waals surface area contributed by atoms with Gasteiger partial charge in [0.25, 0.3) is 5.91 Å². The number of anilines is 2. The van der Waals surface area contributed by atoms with Crippen molar-refractivity contribution in [3.05, 3.63) is 47.7 Å². The number of carbonyl (C=O) groups is 1. The van der Waals surface area contributed by atoms with Crippen molar-refractivity contribution in [2.75, 3.05) is 10.3 Å². The van der Waals surface area contributed by atoms with Gasteiger partial charge in [-0.2, -0.15) is 0 Å². The van der Waals surface area contributed by atoms with E-state index in [1.807, 2.05) is 12.1 Å². The number of amides is 1. The molecule has 0 bridgehead atoms. The maximum absolute atomic E-state index is 12.9. The lowest BCUT2D eigenvalue weighted by Crippen LogP contribution is -2.48. The number of aromatic nitrogens is 2. The second kappa shape index (κ2) is 7.50. The van der Waals surface area contributed by atoms with Crippen LogP contribution in [0.4, 0.5) is 11.6 Å². The van der Waals surface area contributed by atoms with Gasteiger partial charge in [0, 0.05) is 23.5 Å². The summed E-state index contributed by atoms with van der Waals surface area (Å²) in [5, 5.41) is 0.621. The van der Waals surface area contributed by atoms with Crippen LogP contribution in [0.25, 0.3) is 0 Å². The van der Waals surface area contributed by atoms with Crippen LogP contribution < -0.4 is 15.8 Å². The fourth-order valence-corrected chi connectivity index (χ4v) is 4.38. The zero-order valence-electron chi connectivity index (χ0n) is 14.4. The first-order valence-corrected chi connectivity index (χ1v) is 9.47. The van der Waals surface area contributed by atoms with Crippen LogP contribution in [0.15, 0.2) is 42.7 Å². The number of carbonyl (C=O) groups excluding carboxylic acids is 1. The van der Waals surface area contributed by atoms with Crippen LogP contribution in [0.2, 0.25) is 5.02 Å². The first kappa shape index (κ1) is 17.1. The molecule has 1 aromatic carbocycles. The van der Waals surface area contributed by atoms with Gasteiger partial charge in [0.1, 0.15) is 6.04 Å². The monoisotopic (exact) mass is 371 g/mol. The van der Waals surface area contributed by atoms with Crippen LogP contribution in [0.1, 0.15) is 32.1 Å². The fraction of sp³-hybridized carbons (Fsp3) is 0.421. The van der Waals surface area contributed by atoms with Crippen LogP contribution in [0.3, 0.4) is 0 Å². The Hall–Kier alpha value is -2.34. The molecule has 26 heavy (non-hydrogen) atoms. The number of rotatable bonds is 4. The molecule has 1 aliphatic heterocycles. The van der Waals surface area contributed by atoms with E-state index in [1.165, 1.54) is 19.3 Å². The van der Waals surface area contributed by atoms with E-state index in [1.54, 1.807) is 30.6 Å². The number of fused-ring (bicyclic) bond motifs is 1. The standard InChI is InChI=1S/C19H22ClN5O/c20-14-6-3-7-15(12-14)23-24-18(26)17-11-13-5-1-2-8-16(13)25(17)19-21-9-4-10-22-19/h3-4,6-7,9-10,12-13,16-17,23H,1-2,5,8,11H2,(H,24,26)/t13-,16+,17-/m0/s1. The highest BCUT2D eigenvalue weighted by molar-refractivity contribution is 6.30. The van der Waals surface area contributed by atoms with E-state index in [0.717, 1.165) is 18.5 Å². The van der Waals surface area contributed by atoms with Crippen molar-refractivity contribution in [2.24, 2.45) is 5.92 Å². The summed E-state index contributed by atoms with van der Waals surface area (Å²) in [6.07, 6.45) is 8.99. The summed E-state index contributed by atoms with van der Waals surface area (Å²) < 4.78 is 0. The van der Waals surface area contributed by atoms with Gasteiger partial charge in [0.05, 0.1) is 5.69 Å². The summed E-state index contributed by atoms with van der Waals surface area (Å²) in [4.78, 5) is 23.9. The van der Waals surface area contributed by atoms with Gasteiger partial charge in [-0.3, -0.25) is 15.6 Å². The average Bonchev–Trinajstić information content (AvgIpc) is 3.06. The number of benzene rings is 1. The Morgan fingerprint density at radius 1 is 1.15 bits per heavy atom. The molecule has 1 aliphatic carbocycles. The number of hydrazine groups is 1. The SMILES string of the molecule is O=C(NNc1cccc(Cl)c1)[C@@H]1C[C@@H]2CCCC[C@H]2N1c1ncccn1. The molecule has 2 aromatic rings. The molecule has 0 radical (unpaired) electrons. The van der Waals surface area contributed by atoms with E-state index >= 15 is 0 Å². The predicted octanol–water partition coefficient (Wildman–Crippen LogP) is 3.41. The Labute approximate surface area is 157 Å². The second-order valence-electron chi connectivity index (χ2n) is 6.94. The number of hydrogen-bond acceptors (Lipinski definition) is 5. The van der Waals surface area contributed by atoms with E-state index in [-0.39, 0.29) is 11.9 Å². The van der Waals surface area contributed by atoms with Crippen LogP contribution >= 0.6 is 11.6 Å². The van der Waals surface area contributed by atoms with Crippen molar-refractivity contribution in [3.8, 4) is 0 Å². The lowest BCUT2D eigenvalue weighted by Gasteiger charge is -2.33. The highest BCUT2D eigenvalue weighted by atomic mass is 35.5. The molecule has 1 saturated heterocycles. The summed E-state index contributed by atoms with van der Waals surface area (Å²) in [6.45, 7) is 0. The fourth-order valence-electron chi connectivity index (χ4n) is 4.19. The van der Waals surface area contributed by atoms with E-state index < -0.39 is 0 Å². The predicted molar refractivity (Wildman–Crippen MR) is 102 cm³/mol. The van der Waals surface area contributed by atoms with Crippen LogP contribution in [0.5, 0.6) is 0 Å². The Balaban J connectivity index is 1.52. The third-order valence-corrected chi connectivity index (χ3v) is 5.56. The van der Waals surface area contributed by atoms with Crippen molar-refractivity contribution in [3.63, 3.8) is 0 Å². The van der Waals surface area contributed by atoms with Gasteiger partial charge in [-0.25, -0.2) is 9.97 Å². The Kier molecular flexibility index (Phi) is 4.93. The maximum Gasteiger partial charge on any atom is 0.261 e. The minimum Gasteiger partial charge on any atom is -0.325 e.